The zero-order chi connectivity index (χ0) is 10.5. The highest BCUT2D eigenvalue weighted by molar-refractivity contribution is 5.90. The second kappa shape index (κ2) is 3.20. The van der Waals surface area contributed by atoms with Crippen molar-refractivity contribution in [1.82, 2.24) is 0 Å². The quantitative estimate of drug-likeness (QED) is 0.597. The summed E-state index contributed by atoms with van der Waals surface area (Å²) in [6.07, 6.45) is 10.7. The van der Waals surface area contributed by atoms with Crippen molar-refractivity contribution in [2.45, 2.75) is 51.9 Å². The van der Waals surface area contributed by atoms with Gasteiger partial charge in [0.25, 0.3) is 0 Å². The molecule has 0 saturated heterocycles. The fourth-order valence-electron chi connectivity index (χ4n) is 4.35. The lowest BCUT2D eigenvalue weighted by atomic mass is 9.72. The van der Waals surface area contributed by atoms with E-state index in [4.69, 9.17) is 0 Å². The largest absolute Gasteiger partial charge is 0.299 e. The van der Waals surface area contributed by atoms with Gasteiger partial charge in [0.15, 0.2) is 0 Å². The second-order valence-corrected chi connectivity index (χ2v) is 5.57. The fraction of sp³-hybridized carbons (Fsp3) is 0.786. The van der Waals surface area contributed by atoms with E-state index in [1.54, 1.807) is 5.57 Å². The molecule has 0 unspecified atom stereocenters. The van der Waals surface area contributed by atoms with E-state index < -0.39 is 0 Å². The van der Waals surface area contributed by atoms with Gasteiger partial charge in [0.2, 0.25) is 0 Å². The number of hydrogen-bond donors (Lipinski definition) is 0. The molecule has 2 saturated carbocycles. The van der Waals surface area contributed by atoms with E-state index in [-0.39, 0.29) is 5.41 Å². The minimum absolute atomic E-state index is 0.114. The van der Waals surface area contributed by atoms with Crippen LogP contribution in [0, 0.1) is 17.3 Å². The van der Waals surface area contributed by atoms with Gasteiger partial charge < -0.3 is 0 Å². The van der Waals surface area contributed by atoms with E-state index in [1.807, 2.05) is 0 Å². The number of fused-ring (bicyclic) bond motifs is 1. The van der Waals surface area contributed by atoms with Crippen molar-refractivity contribution in [2.75, 3.05) is 0 Å². The average Bonchev–Trinajstić information content (AvgIpc) is 2.74. The summed E-state index contributed by atoms with van der Waals surface area (Å²) in [5.41, 5.74) is 1.71. The maximum atomic E-state index is 12.4. The lowest BCUT2D eigenvalue weighted by Gasteiger charge is -2.30. The number of Topliss-reactive ketones (excluding diaryl/α,β-unsaturated/α-hetero) is 1. The first-order valence-corrected chi connectivity index (χ1v) is 6.51. The first-order chi connectivity index (χ1) is 7.28. The van der Waals surface area contributed by atoms with Gasteiger partial charge in [-0.3, -0.25) is 4.79 Å². The summed E-state index contributed by atoms with van der Waals surface area (Å²) in [6, 6.07) is 0. The molecule has 0 aliphatic heterocycles. The first-order valence-electron chi connectivity index (χ1n) is 6.51. The molecule has 1 spiro atoms. The normalized spacial score (nSPS) is 43.8. The molecule has 1 nitrogen and oxygen atoms in total. The molecule has 3 aliphatic carbocycles. The van der Waals surface area contributed by atoms with Gasteiger partial charge in [-0.25, -0.2) is 0 Å². The van der Waals surface area contributed by atoms with E-state index in [0.29, 0.717) is 17.6 Å². The molecule has 2 fully saturated rings. The molecular weight excluding hydrogens is 184 g/mol. The molecule has 3 atom stereocenters. The van der Waals surface area contributed by atoms with E-state index in [2.05, 4.69) is 13.0 Å². The molecule has 3 rings (SSSR count). The van der Waals surface area contributed by atoms with E-state index in [9.17, 15) is 4.79 Å². The molecule has 0 amide bonds. The summed E-state index contributed by atoms with van der Waals surface area (Å²) >= 11 is 0. The summed E-state index contributed by atoms with van der Waals surface area (Å²) in [6.45, 7) is 2.25. The number of hydrogen-bond acceptors (Lipinski definition) is 1. The van der Waals surface area contributed by atoms with Crippen molar-refractivity contribution in [3.63, 3.8) is 0 Å². The number of rotatable bonds is 1. The summed E-state index contributed by atoms with van der Waals surface area (Å²) < 4.78 is 0. The van der Waals surface area contributed by atoms with Crippen LogP contribution in [0.25, 0.3) is 0 Å². The summed E-state index contributed by atoms with van der Waals surface area (Å²) in [5, 5.41) is 0. The molecule has 0 radical (unpaired) electrons. The lowest BCUT2D eigenvalue weighted by molar-refractivity contribution is -0.129. The number of ketones is 1. The maximum absolute atomic E-state index is 12.4. The number of allylic oxidation sites excluding steroid dienone is 2. The predicted octanol–water partition coefficient (Wildman–Crippen LogP) is 3.49. The van der Waals surface area contributed by atoms with Gasteiger partial charge >= 0.3 is 0 Å². The van der Waals surface area contributed by atoms with Crippen molar-refractivity contribution in [1.29, 1.82) is 0 Å². The summed E-state index contributed by atoms with van der Waals surface area (Å²) in [4.78, 5) is 12.4. The van der Waals surface area contributed by atoms with Crippen LogP contribution in [0.15, 0.2) is 11.6 Å². The third-order valence-corrected chi connectivity index (χ3v) is 5.10. The molecule has 3 aliphatic rings. The fourth-order valence-corrected chi connectivity index (χ4v) is 4.35. The molecular formula is C14H20O. The smallest absolute Gasteiger partial charge is 0.143 e. The zero-order valence-electron chi connectivity index (χ0n) is 9.59. The van der Waals surface area contributed by atoms with Gasteiger partial charge in [0.05, 0.1) is 0 Å². The Labute approximate surface area is 91.9 Å². The van der Waals surface area contributed by atoms with E-state index >= 15 is 0 Å². The highest BCUT2D eigenvalue weighted by atomic mass is 16.1. The molecule has 2 bridgehead atoms. The van der Waals surface area contributed by atoms with Gasteiger partial charge in [0.1, 0.15) is 5.78 Å². The maximum Gasteiger partial charge on any atom is 0.143 e. The first kappa shape index (κ1) is 9.62. The Balaban J connectivity index is 2.06. The molecule has 0 aromatic carbocycles. The van der Waals surface area contributed by atoms with Crippen molar-refractivity contribution < 1.29 is 4.79 Å². The monoisotopic (exact) mass is 204 g/mol. The highest BCUT2D eigenvalue weighted by Crippen LogP contribution is 2.58. The minimum atomic E-state index is 0.114. The van der Waals surface area contributed by atoms with Gasteiger partial charge in [-0.2, -0.15) is 0 Å². The van der Waals surface area contributed by atoms with Crippen LogP contribution in [-0.4, -0.2) is 5.78 Å². The molecule has 0 heterocycles. The third kappa shape index (κ3) is 1.12. The van der Waals surface area contributed by atoms with E-state index in [1.165, 1.54) is 32.1 Å². The lowest BCUT2D eigenvalue weighted by Crippen LogP contribution is -2.32. The number of carbonyl (C=O) groups excluding carboxylic acids is 1. The molecule has 0 aromatic rings. The highest BCUT2D eigenvalue weighted by Gasteiger charge is 2.55. The standard InChI is InChI=1S/C14H20O/c1-2-10-5-6-11-7-9-14(13(11)15)8-3-4-12(10)14/h5,11-12H,2-4,6-9H2,1H3/t11-,12+,14-/m0/s1. The summed E-state index contributed by atoms with van der Waals surface area (Å²) in [7, 11) is 0. The predicted molar refractivity (Wildman–Crippen MR) is 60.5 cm³/mol. The van der Waals surface area contributed by atoms with Crippen LogP contribution in [0.3, 0.4) is 0 Å². The van der Waals surface area contributed by atoms with Crippen LogP contribution in [0.2, 0.25) is 0 Å². The Morgan fingerprint density at radius 2 is 2.27 bits per heavy atom. The molecule has 0 aromatic heterocycles. The number of carbonyl (C=O) groups is 1. The van der Waals surface area contributed by atoms with Crippen LogP contribution in [0.4, 0.5) is 0 Å². The van der Waals surface area contributed by atoms with Gasteiger partial charge in [0, 0.05) is 11.3 Å². The van der Waals surface area contributed by atoms with Crippen LogP contribution >= 0.6 is 0 Å². The Morgan fingerprint density at radius 3 is 3.07 bits per heavy atom. The SMILES string of the molecule is CCC1=CC[C@H]2CC[C@]3(CCC[C@H]13)C2=O. The zero-order valence-corrected chi connectivity index (χ0v) is 9.59. The van der Waals surface area contributed by atoms with Gasteiger partial charge in [-0.1, -0.05) is 25.0 Å². The van der Waals surface area contributed by atoms with Crippen LogP contribution in [-0.2, 0) is 4.79 Å². The second-order valence-electron chi connectivity index (χ2n) is 5.57. The topological polar surface area (TPSA) is 17.1 Å². The Hall–Kier alpha value is -0.590. The Bertz CT molecular complexity index is 328. The van der Waals surface area contributed by atoms with Crippen molar-refractivity contribution in [2.24, 2.45) is 17.3 Å². The van der Waals surface area contributed by atoms with Crippen molar-refractivity contribution >= 4 is 5.78 Å². The molecule has 0 N–H and O–H groups in total. The molecule has 82 valence electrons. The van der Waals surface area contributed by atoms with Crippen molar-refractivity contribution in [3.05, 3.63) is 11.6 Å². The Morgan fingerprint density at radius 1 is 1.40 bits per heavy atom. The molecule has 15 heavy (non-hydrogen) atoms. The third-order valence-electron chi connectivity index (χ3n) is 5.10. The molecule has 1 heteroatoms. The van der Waals surface area contributed by atoms with Crippen LogP contribution < -0.4 is 0 Å². The van der Waals surface area contributed by atoms with Crippen LogP contribution in [0.5, 0.6) is 0 Å². The van der Waals surface area contributed by atoms with Gasteiger partial charge in [-0.15, -0.1) is 0 Å². The van der Waals surface area contributed by atoms with Crippen LogP contribution in [0.1, 0.15) is 51.9 Å². The minimum Gasteiger partial charge on any atom is -0.299 e. The van der Waals surface area contributed by atoms with E-state index in [0.717, 1.165) is 12.8 Å². The van der Waals surface area contributed by atoms with Crippen molar-refractivity contribution in [3.8, 4) is 0 Å². The van der Waals surface area contributed by atoms with Gasteiger partial charge in [-0.05, 0) is 44.4 Å². The Kier molecular flexibility index (Phi) is 2.05. The average molecular weight is 204 g/mol. The summed E-state index contributed by atoms with van der Waals surface area (Å²) in [5.74, 6) is 1.64.